The number of rotatable bonds is 6. The fraction of sp³-hybridized carbons (Fsp3) is 0.467. The highest BCUT2D eigenvalue weighted by Gasteiger charge is 2.62. The molecule has 0 radical (unpaired) electrons. The molecule has 0 heterocycles. The van der Waals surface area contributed by atoms with Gasteiger partial charge in [0.15, 0.2) is 0 Å². The molecule has 25 heavy (non-hydrogen) atoms. The maximum atomic E-state index is 13.4. The fourth-order valence-electron chi connectivity index (χ4n) is 2.15. The number of carbonyl (C=O) groups is 2. The van der Waals surface area contributed by atoms with Crippen molar-refractivity contribution in [2.24, 2.45) is 0 Å². The van der Waals surface area contributed by atoms with Crippen LogP contribution >= 0.6 is 0 Å². The smallest absolute Gasteiger partial charge is 0.432 e. The van der Waals surface area contributed by atoms with Crippen LogP contribution in [0, 0.1) is 6.92 Å². The molecule has 1 aromatic rings. The van der Waals surface area contributed by atoms with E-state index in [1.54, 1.807) is 0 Å². The number of aliphatic hydroxyl groups is 1. The van der Waals surface area contributed by atoms with Crippen molar-refractivity contribution in [2.45, 2.75) is 18.7 Å². The van der Waals surface area contributed by atoms with Gasteiger partial charge < -0.3 is 24.6 Å². The van der Waals surface area contributed by atoms with Crippen molar-refractivity contribution < 1.29 is 42.1 Å². The van der Waals surface area contributed by atoms with Gasteiger partial charge in [0.2, 0.25) is 0 Å². The third-order valence-corrected chi connectivity index (χ3v) is 3.48. The zero-order chi connectivity index (χ0) is 19.4. The Morgan fingerprint density at radius 3 is 2.20 bits per heavy atom. The molecular weight excluding hydrogens is 347 g/mol. The van der Waals surface area contributed by atoms with Crippen LogP contribution in [0.5, 0.6) is 5.75 Å². The van der Waals surface area contributed by atoms with Crippen LogP contribution in [0.2, 0.25) is 0 Å². The van der Waals surface area contributed by atoms with Crippen molar-refractivity contribution in [2.75, 3.05) is 33.2 Å². The molecule has 2 N–H and O–H groups in total. The highest BCUT2D eigenvalue weighted by atomic mass is 19.4. The van der Waals surface area contributed by atoms with Gasteiger partial charge in [-0.2, -0.15) is 13.2 Å². The van der Waals surface area contributed by atoms with Crippen molar-refractivity contribution in [1.82, 2.24) is 0 Å². The number of carbonyl (C=O) groups excluding carboxylic acids is 2. The molecule has 7 nitrogen and oxygen atoms in total. The number of nitrogens with one attached hydrogen (secondary N) is 1. The van der Waals surface area contributed by atoms with Gasteiger partial charge >= 0.3 is 18.1 Å². The summed E-state index contributed by atoms with van der Waals surface area (Å²) >= 11 is 0. The molecule has 0 fully saturated rings. The van der Waals surface area contributed by atoms with Crippen LogP contribution in [0.25, 0.3) is 0 Å². The molecule has 1 aromatic carbocycles. The highest BCUT2D eigenvalue weighted by Crippen LogP contribution is 2.43. The molecule has 0 aliphatic carbocycles. The lowest BCUT2D eigenvalue weighted by Gasteiger charge is -2.30. The van der Waals surface area contributed by atoms with Gasteiger partial charge in [-0.1, -0.05) is 0 Å². The van der Waals surface area contributed by atoms with E-state index in [2.05, 4.69) is 14.8 Å². The standard InChI is InChI=1S/C15H18F3NO6/c1-8-5-10(19-7-12(20)24-3)11(23-2)6-9(8)14(22,13(21)25-4)15(16,17)18/h5-6,19,22H,7H2,1-4H3. The summed E-state index contributed by atoms with van der Waals surface area (Å²) in [5, 5.41) is 12.7. The van der Waals surface area contributed by atoms with Crippen molar-refractivity contribution in [3.05, 3.63) is 23.3 Å². The van der Waals surface area contributed by atoms with Crippen LogP contribution in [0.15, 0.2) is 12.1 Å². The quantitative estimate of drug-likeness (QED) is 0.738. The van der Waals surface area contributed by atoms with Crippen molar-refractivity contribution in [3.8, 4) is 5.75 Å². The minimum Gasteiger partial charge on any atom is -0.495 e. The largest absolute Gasteiger partial charge is 0.495 e. The first-order valence-electron chi connectivity index (χ1n) is 6.90. The molecule has 1 unspecified atom stereocenters. The molecule has 0 spiro atoms. The number of halogens is 3. The summed E-state index contributed by atoms with van der Waals surface area (Å²) in [7, 11) is 3.09. The van der Waals surface area contributed by atoms with Gasteiger partial charge in [0, 0.05) is 5.56 Å². The van der Waals surface area contributed by atoms with Gasteiger partial charge in [0.1, 0.15) is 12.3 Å². The number of alkyl halides is 3. The molecule has 10 heteroatoms. The number of aryl methyl sites for hydroxylation is 1. The van der Waals surface area contributed by atoms with Crippen molar-refractivity contribution in [3.63, 3.8) is 0 Å². The molecule has 0 saturated carbocycles. The van der Waals surface area contributed by atoms with Crippen LogP contribution in [0.1, 0.15) is 11.1 Å². The number of hydrogen-bond acceptors (Lipinski definition) is 7. The Balaban J connectivity index is 3.46. The summed E-state index contributed by atoms with van der Waals surface area (Å²) < 4.78 is 53.7. The van der Waals surface area contributed by atoms with Gasteiger partial charge in [-0.05, 0) is 24.6 Å². The summed E-state index contributed by atoms with van der Waals surface area (Å²) in [5.74, 6) is -2.60. The molecule has 1 atom stereocenters. The Bertz CT molecular complexity index is 661. The Morgan fingerprint density at radius 1 is 1.16 bits per heavy atom. The van der Waals surface area contributed by atoms with Gasteiger partial charge in [0.05, 0.1) is 27.0 Å². The number of ether oxygens (including phenoxy) is 3. The Kier molecular flexibility index (Phi) is 6.25. The minimum atomic E-state index is -5.32. The fourth-order valence-corrected chi connectivity index (χ4v) is 2.15. The molecule has 0 aromatic heterocycles. The lowest BCUT2D eigenvalue weighted by molar-refractivity contribution is -0.267. The number of hydrogen-bond donors (Lipinski definition) is 2. The topological polar surface area (TPSA) is 94.1 Å². The van der Waals surface area contributed by atoms with Gasteiger partial charge in [-0.3, -0.25) is 4.79 Å². The lowest BCUT2D eigenvalue weighted by Crippen LogP contribution is -2.50. The van der Waals surface area contributed by atoms with Crippen LogP contribution < -0.4 is 10.1 Å². The molecular formula is C15H18F3NO6. The van der Waals surface area contributed by atoms with E-state index in [-0.39, 0.29) is 23.5 Å². The molecule has 0 aliphatic rings. The molecule has 0 saturated heterocycles. The maximum Gasteiger partial charge on any atom is 0.432 e. The zero-order valence-corrected chi connectivity index (χ0v) is 14.0. The Labute approximate surface area is 141 Å². The minimum absolute atomic E-state index is 0.0709. The first-order chi connectivity index (χ1) is 11.5. The lowest BCUT2D eigenvalue weighted by atomic mass is 9.88. The second kappa shape index (κ2) is 7.60. The Hall–Kier alpha value is -2.49. The number of anilines is 1. The van der Waals surface area contributed by atoms with Crippen LogP contribution in [-0.2, 0) is 24.7 Å². The second-order valence-corrected chi connectivity index (χ2v) is 5.00. The molecule has 1 rings (SSSR count). The van der Waals surface area contributed by atoms with Crippen molar-refractivity contribution in [1.29, 1.82) is 0 Å². The average Bonchev–Trinajstić information content (AvgIpc) is 2.56. The Morgan fingerprint density at radius 2 is 1.76 bits per heavy atom. The van der Waals surface area contributed by atoms with Crippen molar-refractivity contribution >= 4 is 17.6 Å². The SMILES string of the molecule is COC(=O)CNc1cc(C)c(C(O)(C(=O)OC)C(F)(F)F)cc1OC. The third kappa shape index (κ3) is 3.95. The summed E-state index contributed by atoms with van der Waals surface area (Å²) in [6.07, 6.45) is -5.32. The van der Waals surface area contributed by atoms with E-state index in [0.29, 0.717) is 0 Å². The van der Waals surface area contributed by atoms with Crippen LogP contribution in [-0.4, -0.2) is 51.1 Å². The normalized spacial score (nSPS) is 13.6. The molecule has 0 aliphatic heterocycles. The monoisotopic (exact) mass is 365 g/mol. The van der Waals surface area contributed by atoms with E-state index in [9.17, 15) is 27.9 Å². The number of esters is 2. The predicted octanol–water partition coefficient (Wildman–Crippen LogP) is 1.51. The first kappa shape index (κ1) is 20.6. The average molecular weight is 365 g/mol. The predicted molar refractivity (Wildman–Crippen MR) is 80.2 cm³/mol. The third-order valence-electron chi connectivity index (χ3n) is 3.48. The first-order valence-corrected chi connectivity index (χ1v) is 6.90. The van der Waals surface area contributed by atoms with Crippen LogP contribution in [0.4, 0.5) is 18.9 Å². The van der Waals surface area contributed by atoms with Gasteiger partial charge in [-0.15, -0.1) is 0 Å². The van der Waals surface area contributed by atoms with Crippen LogP contribution in [0.3, 0.4) is 0 Å². The van der Waals surface area contributed by atoms with Gasteiger partial charge in [0.25, 0.3) is 5.60 Å². The highest BCUT2D eigenvalue weighted by molar-refractivity contribution is 5.84. The molecule has 0 bridgehead atoms. The summed E-state index contributed by atoms with van der Waals surface area (Å²) in [5.41, 5.74) is -4.49. The van der Waals surface area contributed by atoms with E-state index in [4.69, 9.17) is 4.74 Å². The number of methoxy groups -OCH3 is 3. The molecule has 0 amide bonds. The second-order valence-electron chi connectivity index (χ2n) is 5.00. The van der Waals surface area contributed by atoms with E-state index >= 15 is 0 Å². The van der Waals surface area contributed by atoms with E-state index < -0.39 is 29.3 Å². The van der Waals surface area contributed by atoms with E-state index in [0.717, 1.165) is 13.2 Å². The summed E-state index contributed by atoms with van der Waals surface area (Å²) in [6, 6.07) is 2.07. The van der Waals surface area contributed by atoms with E-state index in [1.165, 1.54) is 27.2 Å². The summed E-state index contributed by atoms with van der Waals surface area (Å²) in [4.78, 5) is 22.8. The number of benzene rings is 1. The van der Waals surface area contributed by atoms with Gasteiger partial charge in [-0.25, -0.2) is 4.79 Å². The maximum absolute atomic E-state index is 13.4. The summed E-state index contributed by atoms with van der Waals surface area (Å²) in [6.45, 7) is 1.00. The molecule has 140 valence electrons. The zero-order valence-electron chi connectivity index (χ0n) is 14.0. The van der Waals surface area contributed by atoms with E-state index in [1.807, 2.05) is 0 Å².